The first-order valence-electron chi connectivity index (χ1n) is 9.50. The van der Waals surface area contributed by atoms with Crippen LogP contribution in [0.5, 0.6) is 5.75 Å². The summed E-state index contributed by atoms with van der Waals surface area (Å²) in [5, 5.41) is 2.59. The quantitative estimate of drug-likeness (QED) is 0.687. The molecule has 0 saturated heterocycles. The van der Waals surface area contributed by atoms with Gasteiger partial charge in [0.2, 0.25) is 0 Å². The Labute approximate surface area is 173 Å². The van der Waals surface area contributed by atoms with Crippen molar-refractivity contribution < 1.29 is 9.53 Å². The van der Waals surface area contributed by atoms with E-state index in [-0.39, 0.29) is 22.4 Å². The van der Waals surface area contributed by atoms with Gasteiger partial charge in [-0.1, -0.05) is 32.9 Å². The molecule has 1 amide bonds. The standard InChI is InChI=1S/C22H26N4O4/c1-12-8-7-9-16(13(12)2)26-21(29)25(20(28)24-26)17-11-14(22(3,4)5)10-15(19(23)27)18(17)30-6/h7-11H,1-6H3,(H2,23,27)(H,24,28). The number of nitrogens with two attached hydrogens (primary N) is 1. The number of nitrogens with one attached hydrogen (secondary N) is 1. The van der Waals surface area contributed by atoms with Crippen molar-refractivity contribution in [2.24, 2.45) is 5.73 Å². The zero-order chi connectivity index (χ0) is 22.4. The number of H-pyrrole nitrogens is 1. The molecule has 0 radical (unpaired) electrons. The van der Waals surface area contributed by atoms with E-state index < -0.39 is 17.3 Å². The molecule has 1 aromatic heterocycles. The van der Waals surface area contributed by atoms with Gasteiger partial charge in [0, 0.05) is 0 Å². The molecule has 0 atom stereocenters. The minimum Gasteiger partial charge on any atom is -0.494 e. The lowest BCUT2D eigenvalue weighted by atomic mass is 9.85. The Morgan fingerprint density at radius 3 is 2.33 bits per heavy atom. The fourth-order valence-electron chi connectivity index (χ4n) is 3.34. The molecule has 0 aliphatic heterocycles. The summed E-state index contributed by atoms with van der Waals surface area (Å²) < 4.78 is 7.56. The van der Waals surface area contributed by atoms with Crippen LogP contribution in [0.4, 0.5) is 0 Å². The number of amides is 1. The SMILES string of the molecule is COc1c(C(N)=O)cc(C(C)(C)C)cc1-n1c(=O)[nH]n(-c2cccc(C)c2C)c1=O. The van der Waals surface area contributed by atoms with Crippen molar-refractivity contribution in [3.8, 4) is 17.1 Å². The highest BCUT2D eigenvalue weighted by Gasteiger charge is 2.25. The predicted molar refractivity (Wildman–Crippen MR) is 115 cm³/mol. The Balaban J connectivity index is 2.39. The van der Waals surface area contributed by atoms with Gasteiger partial charge in [-0.2, -0.15) is 0 Å². The highest BCUT2D eigenvalue weighted by Crippen LogP contribution is 2.33. The van der Waals surface area contributed by atoms with Crippen LogP contribution >= 0.6 is 0 Å². The van der Waals surface area contributed by atoms with Gasteiger partial charge in [0.1, 0.15) is 0 Å². The van der Waals surface area contributed by atoms with Crippen molar-refractivity contribution in [3.05, 3.63) is 73.6 Å². The number of carbonyl (C=O) groups excluding carboxylic acids is 1. The number of ether oxygens (including phenoxy) is 1. The van der Waals surface area contributed by atoms with Crippen molar-refractivity contribution in [1.82, 2.24) is 14.3 Å². The molecule has 3 rings (SSSR count). The van der Waals surface area contributed by atoms with Crippen molar-refractivity contribution in [3.63, 3.8) is 0 Å². The number of aromatic amines is 1. The van der Waals surface area contributed by atoms with E-state index in [4.69, 9.17) is 10.5 Å². The zero-order valence-electron chi connectivity index (χ0n) is 18.0. The molecule has 0 aliphatic carbocycles. The van der Waals surface area contributed by atoms with E-state index >= 15 is 0 Å². The number of nitrogens with zero attached hydrogens (tertiary/aromatic N) is 2. The summed E-state index contributed by atoms with van der Waals surface area (Å²) in [6.07, 6.45) is 0. The summed E-state index contributed by atoms with van der Waals surface area (Å²) in [4.78, 5) is 38.2. The van der Waals surface area contributed by atoms with Crippen LogP contribution < -0.4 is 21.9 Å². The van der Waals surface area contributed by atoms with Gasteiger partial charge in [-0.3, -0.25) is 4.79 Å². The number of carbonyl (C=O) groups is 1. The predicted octanol–water partition coefficient (Wildman–Crippen LogP) is 2.34. The van der Waals surface area contributed by atoms with Crippen LogP contribution in [0.25, 0.3) is 11.4 Å². The second-order valence-electron chi connectivity index (χ2n) is 8.28. The topological polar surface area (TPSA) is 112 Å². The average Bonchev–Trinajstić information content (AvgIpc) is 2.96. The minimum absolute atomic E-state index is 0.0711. The van der Waals surface area contributed by atoms with Crippen LogP contribution in [0.2, 0.25) is 0 Å². The summed E-state index contributed by atoms with van der Waals surface area (Å²) in [5.74, 6) is -0.639. The van der Waals surface area contributed by atoms with Gasteiger partial charge in [0.15, 0.2) is 5.75 Å². The summed E-state index contributed by atoms with van der Waals surface area (Å²) in [6.45, 7) is 9.67. The van der Waals surface area contributed by atoms with Gasteiger partial charge < -0.3 is 10.5 Å². The maximum atomic E-state index is 13.3. The molecule has 0 saturated carbocycles. The number of aryl methyl sites for hydroxylation is 1. The summed E-state index contributed by atoms with van der Waals surface area (Å²) in [5.41, 5.74) is 7.35. The van der Waals surface area contributed by atoms with Gasteiger partial charge in [-0.05, 0) is 54.2 Å². The van der Waals surface area contributed by atoms with Crippen molar-refractivity contribution in [1.29, 1.82) is 0 Å². The number of aromatic nitrogens is 3. The maximum Gasteiger partial charge on any atom is 0.356 e. The average molecular weight is 410 g/mol. The maximum absolute atomic E-state index is 13.3. The van der Waals surface area contributed by atoms with Crippen LogP contribution in [0.3, 0.4) is 0 Å². The number of rotatable bonds is 4. The van der Waals surface area contributed by atoms with E-state index in [0.717, 1.165) is 21.3 Å². The lowest BCUT2D eigenvalue weighted by Gasteiger charge is -2.22. The Morgan fingerprint density at radius 2 is 1.77 bits per heavy atom. The third kappa shape index (κ3) is 3.45. The third-order valence-electron chi connectivity index (χ3n) is 5.26. The Morgan fingerprint density at radius 1 is 1.10 bits per heavy atom. The molecule has 0 unspecified atom stereocenters. The van der Waals surface area contributed by atoms with Crippen LogP contribution in [0.1, 0.15) is 47.8 Å². The molecule has 8 heteroatoms. The molecule has 0 aliphatic rings. The van der Waals surface area contributed by atoms with E-state index in [1.54, 1.807) is 18.2 Å². The summed E-state index contributed by atoms with van der Waals surface area (Å²) in [6, 6.07) is 8.79. The van der Waals surface area contributed by atoms with Gasteiger partial charge in [-0.25, -0.2) is 23.9 Å². The van der Waals surface area contributed by atoms with Gasteiger partial charge in [-0.15, -0.1) is 0 Å². The van der Waals surface area contributed by atoms with Crippen LogP contribution in [-0.4, -0.2) is 27.4 Å². The number of methoxy groups -OCH3 is 1. The molecule has 1 heterocycles. The zero-order valence-corrected chi connectivity index (χ0v) is 18.0. The fraction of sp³-hybridized carbons (Fsp3) is 0.318. The van der Waals surface area contributed by atoms with E-state index in [2.05, 4.69) is 5.10 Å². The van der Waals surface area contributed by atoms with Gasteiger partial charge in [0.25, 0.3) is 5.91 Å². The first-order valence-corrected chi connectivity index (χ1v) is 9.50. The number of primary amides is 1. The normalized spacial score (nSPS) is 11.5. The van der Waals surface area contributed by atoms with E-state index in [1.807, 2.05) is 46.8 Å². The molecule has 30 heavy (non-hydrogen) atoms. The Kier molecular flexibility index (Phi) is 5.20. The van der Waals surface area contributed by atoms with Crippen molar-refractivity contribution >= 4 is 5.91 Å². The summed E-state index contributed by atoms with van der Waals surface area (Å²) in [7, 11) is 1.36. The van der Waals surface area contributed by atoms with E-state index in [9.17, 15) is 14.4 Å². The third-order valence-corrected chi connectivity index (χ3v) is 5.26. The highest BCUT2D eigenvalue weighted by atomic mass is 16.5. The first-order chi connectivity index (χ1) is 14.0. The molecule has 3 aromatic rings. The molecule has 158 valence electrons. The molecule has 0 fully saturated rings. The van der Waals surface area contributed by atoms with Crippen molar-refractivity contribution in [2.45, 2.75) is 40.0 Å². The minimum atomic E-state index is -0.711. The second kappa shape index (κ2) is 7.37. The molecule has 3 N–H and O–H groups in total. The Bertz CT molecular complexity index is 1260. The van der Waals surface area contributed by atoms with Gasteiger partial charge in [0.05, 0.1) is 24.0 Å². The molecule has 2 aromatic carbocycles. The largest absolute Gasteiger partial charge is 0.494 e. The summed E-state index contributed by atoms with van der Waals surface area (Å²) >= 11 is 0. The van der Waals surface area contributed by atoms with Crippen molar-refractivity contribution in [2.75, 3.05) is 7.11 Å². The highest BCUT2D eigenvalue weighted by molar-refractivity contribution is 5.97. The molecule has 0 spiro atoms. The number of benzene rings is 2. The smallest absolute Gasteiger partial charge is 0.356 e. The first kappa shape index (κ1) is 21.2. The second-order valence-corrected chi connectivity index (χ2v) is 8.28. The van der Waals surface area contributed by atoms with E-state index in [0.29, 0.717) is 5.69 Å². The van der Waals surface area contributed by atoms with Gasteiger partial charge >= 0.3 is 11.4 Å². The Hall–Kier alpha value is -3.55. The molecule has 0 bridgehead atoms. The lowest BCUT2D eigenvalue weighted by Crippen LogP contribution is -2.29. The number of hydrogen-bond acceptors (Lipinski definition) is 4. The van der Waals surface area contributed by atoms with E-state index in [1.165, 1.54) is 11.8 Å². The molecule has 8 nitrogen and oxygen atoms in total. The molecular formula is C22H26N4O4. The monoisotopic (exact) mass is 410 g/mol. The fourth-order valence-corrected chi connectivity index (χ4v) is 3.34. The van der Waals surface area contributed by atoms with Crippen LogP contribution in [0, 0.1) is 13.8 Å². The molecular weight excluding hydrogens is 384 g/mol. The lowest BCUT2D eigenvalue weighted by molar-refractivity contribution is 0.0997. The van der Waals surface area contributed by atoms with Crippen LogP contribution in [-0.2, 0) is 5.41 Å². The van der Waals surface area contributed by atoms with Crippen LogP contribution in [0.15, 0.2) is 39.9 Å². The number of hydrogen-bond donors (Lipinski definition) is 2.